The number of alkyl halides is 3. The molecule has 0 atom stereocenters. The number of benzene rings is 1. The van der Waals surface area contributed by atoms with Gasteiger partial charge in [-0.15, -0.1) is 24.0 Å². The third-order valence-corrected chi connectivity index (χ3v) is 4.24. The molecule has 1 aromatic rings. The topological polar surface area (TPSA) is 60.0 Å². The maximum absolute atomic E-state index is 12.3. The molecule has 0 aliphatic carbocycles. The molecule has 2 rings (SSSR count). The summed E-state index contributed by atoms with van der Waals surface area (Å²) in [5.41, 5.74) is 1.92. The standard InChI is InChI=1S/C18H26F3N5O.HI/c1-22-17(23-9-11-25(2)13-18(19,20)21)24-12-14-5-7-15(8-6-14)26-10-3-4-16(26)27;/h5-8H,3-4,9-13H2,1-2H3,(H2,22,23,24);1H. The van der Waals surface area contributed by atoms with Crippen LogP contribution in [0, 0.1) is 0 Å². The van der Waals surface area contributed by atoms with E-state index in [1.165, 1.54) is 11.9 Å². The number of nitrogens with one attached hydrogen (secondary N) is 2. The molecule has 0 aromatic heterocycles. The van der Waals surface area contributed by atoms with E-state index in [4.69, 9.17) is 0 Å². The van der Waals surface area contributed by atoms with Crippen molar-refractivity contribution in [2.24, 2.45) is 4.99 Å². The SMILES string of the molecule is CN=C(NCCN(C)CC(F)(F)F)NCc1ccc(N2CCCC2=O)cc1.I. The molecule has 1 aromatic carbocycles. The lowest BCUT2D eigenvalue weighted by atomic mass is 10.2. The molecule has 6 nitrogen and oxygen atoms in total. The Morgan fingerprint density at radius 1 is 1.25 bits per heavy atom. The first-order valence-corrected chi connectivity index (χ1v) is 8.87. The van der Waals surface area contributed by atoms with E-state index in [-0.39, 0.29) is 36.4 Å². The van der Waals surface area contributed by atoms with E-state index in [2.05, 4.69) is 15.6 Å². The van der Waals surface area contributed by atoms with E-state index in [9.17, 15) is 18.0 Å². The van der Waals surface area contributed by atoms with Crippen molar-refractivity contribution in [3.63, 3.8) is 0 Å². The fraction of sp³-hybridized carbons (Fsp3) is 0.556. The van der Waals surface area contributed by atoms with Crippen LogP contribution in [0.5, 0.6) is 0 Å². The van der Waals surface area contributed by atoms with Gasteiger partial charge in [-0.05, 0) is 31.2 Å². The quantitative estimate of drug-likeness (QED) is 0.335. The largest absolute Gasteiger partial charge is 0.401 e. The second kappa shape index (κ2) is 11.4. The lowest BCUT2D eigenvalue weighted by Crippen LogP contribution is -2.42. The van der Waals surface area contributed by atoms with Crippen LogP contribution in [-0.2, 0) is 11.3 Å². The van der Waals surface area contributed by atoms with Crippen molar-refractivity contribution >= 4 is 41.5 Å². The van der Waals surface area contributed by atoms with Crippen LogP contribution in [0.2, 0.25) is 0 Å². The molecule has 1 fully saturated rings. The molecule has 1 amide bonds. The van der Waals surface area contributed by atoms with Gasteiger partial charge in [0.05, 0.1) is 6.54 Å². The van der Waals surface area contributed by atoms with Crippen molar-refractivity contribution < 1.29 is 18.0 Å². The molecule has 158 valence electrons. The Labute approximate surface area is 180 Å². The van der Waals surface area contributed by atoms with Crippen molar-refractivity contribution in [2.75, 3.05) is 45.2 Å². The molecule has 0 saturated carbocycles. The summed E-state index contributed by atoms with van der Waals surface area (Å²) in [6.07, 6.45) is -2.70. The molecule has 1 heterocycles. The summed E-state index contributed by atoms with van der Waals surface area (Å²) in [6.45, 7) is 0.940. The molecule has 0 spiro atoms. The maximum atomic E-state index is 12.3. The van der Waals surface area contributed by atoms with Crippen LogP contribution in [0.15, 0.2) is 29.3 Å². The van der Waals surface area contributed by atoms with Gasteiger partial charge < -0.3 is 15.5 Å². The van der Waals surface area contributed by atoms with E-state index in [1.807, 2.05) is 24.3 Å². The van der Waals surface area contributed by atoms with Gasteiger partial charge >= 0.3 is 6.18 Å². The van der Waals surface area contributed by atoms with Crippen LogP contribution >= 0.6 is 24.0 Å². The highest BCUT2D eigenvalue weighted by molar-refractivity contribution is 14.0. The van der Waals surface area contributed by atoms with Gasteiger partial charge in [-0.25, -0.2) is 0 Å². The second-order valence-electron chi connectivity index (χ2n) is 6.52. The van der Waals surface area contributed by atoms with Crippen molar-refractivity contribution in [1.82, 2.24) is 15.5 Å². The predicted octanol–water partition coefficient (Wildman–Crippen LogP) is 2.59. The minimum absolute atomic E-state index is 0. The smallest absolute Gasteiger partial charge is 0.355 e. The number of halogens is 4. The Morgan fingerprint density at radius 3 is 2.46 bits per heavy atom. The van der Waals surface area contributed by atoms with Gasteiger partial charge in [0.2, 0.25) is 5.91 Å². The molecule has 0 unspecified atom stereocenters. The van der Waals surface area contributed by atoms with Crippen LogP contribution in [0.4, 0.5) is 18.9 Å². The predicted molar refractivity (Wildman–Crippen MR) is 115 cm³/mol. The van der Waals surface area contributed by atoms with E-state index in [0.717, 1.165) is 24.2 Å². The van der Waals surface area contributed by atoms with Crippen LogP contribution in [0.25, 0.3) is 0 Å². The molecule has 0 radical (unpaired) electrons. The average molecular weight is 513 g/mol. The second-order valence-corrected chi connectivity index (χ2v) is 6.52. The van der Waals surface area contributed by atoms with Crippen LogP contribution in [-0.4, -0.2) is 63.2 Å². The number of hydrogen-bond acceptors (Lipinski definition) is 3. The number of carbonyl (C=O) groups excluding carboxylic acids is 1. The lowest BCUT2D eigenvalue weighted by Gasteiger charge is -2.19. The lowest BCUT2D eigenvalue weighted by molar-refractivity contribution is -0.142. The third kappa shape index (κ3) is 8.21. The number of nitrogens with zero attached hydrogens (tertiary/aromatic N) is 3. The summed E-state index contributed by atoms with van der Waals surface area (Å²) < 4.78 is 36.9. The van der Waals surface area contributed by atoms with E-state index >= 15 is 0 Å². The zero-order valence-corrected chi connectivity index (χ0v) is 18.4. The molecule has 10 heteroatoms. The van der Waals surface area contributed by atoms with Crippen molar-refractivity contribution in [3.05, 3.63) is 29.8 Å². The summed E-state index contributed by atoms with van der Waals surface area (Å²) in [4.78, 5) is 18.8. The number of aliphatic imine (C=N–C) groups is 1. The highest BCUT2D eigenvalue weighted by Crippen LogP contribution is 2.21. The summed E-state index contributed by atoms with van der Waals surface area (Å²) in [5.74, 6) is 0.676. The molecule has 0 bridgehead atoms. The van der Waals surface area contributed by atoms with Gasteiger partial charge in [0.1, 0.15) is 0 Å². The number of guanidine groups is 1. The fourth-order valence-corrected chi connectivity index (χ4v) is 2.87. The molecule has 28 heavy (non-hydrogen) atoms. The first-order chi connectivity index (χ1) is 12.8. The van der Waals surface area contributed by atoms with Gasteiger partial charge in [0.15, 0.2) is 5.96 Å². The molecule has 1 aliphatic heterocycles. The molecule has 1 aliphatic rings. The van der Waals surface area contributed by atoms with Crippen molar-refractivity contribution in [2.45, 2.75) is 25.6 Å². The van der Waals surface area contributed by atoms with Crippen molar-refractivity contribution in [3.8, 4) is 0 Å². The molecular weight excluding hydrogens is 486 g/mol. The molecular formula is C18H27F3IN5O. The Bertz CT molecular complexity index is 652. The molecule has 2 N–H and O–H groups in total. The number of rotatable bonds is 7. The number of amides is 1. The summed E-state index contributed by atoms with van der Waals surface area (Å²) in [5, 5.41) is 6.12. The highest BCUT2D eigenvalue weighted by atomic mass is 127. The number of likely N-dealkylation sites (N-methyl/N-ethyl adjacent to an activating group) is 1. The van der Waals surface area contributed by atoms with Crippen LogP contribution < -0.4 is 15.5 Å². The monoisotopic (exact) mass is 513 g/mol. The Balaban J connectivity index is 0.00000392. The first-order valence-electron chi connectivity index (χ1n) is 8.87. The van der Waals surface area contributed by atoms with Crippen molar-refractivity contribution in [1.29, 1.82) is 0 Å². The third-order valence-electron chi connectivity index (χ3n) is 4.24. The van der Waals surface area contributed by atoms with E-state index in [0.29, 0.717) is 25.5 Å². The highest BCUT2D eigenvalue weighted by Gasteiger charge is 2.28. The van der Waals surface area contributed by atoms with Gasteiger partial charge in [-0.1, -0.05) is 12.1 Å². The summed E-state index contributed by atoms with van der Waals surface area (Å²) >= 11 is 0. The first kappa shape index (κ1) is 24.5. The minimum atomic E-state index is -4.19. The normalized spacial score (nSPS) is 15.0. The summed E-state index contributed by atoms with van der Waals surface area (Å²) in [6, 6.07) is 7.72. The Hall–Kier alpha value is -1.56. The fourth-order valence-electron chi connectivity index (χ4n) is 2.87. The number of hydrogen-bond donors (Lipinski definition) is 2. The van der Waals surface area contributed by atoms with Gasteiger partial charge in [-0.3, -0.25) is 14.7 Å². The zero-order chi connectivity index (χ0) is 19.9. The van der Waals surface area contributed by atoms with E-state index < -0.39 is 12.7 Å². The minimum Gasteiger partial charge on any atom is -0.355 e. The van der Waals surface area contributed by atoms with Gasteiger partial charge in [-0.2, -0.15) is 13.2 Å². The van der Waals surface area contributed by atoms with Crippen LogP contribution in [0.1, 0.15) is 18.4 Å². The average Bonchev–Trinajstić information content (AvgIpc) is 3.03. The maximum Gasteiger partial charge on any atom is 0.401 e. The number of carbonyl (C=O) groups is 1. The Morgan fingerprint density at radius 2 is 1.93 bits per heavy atom. The summed E-state index contributed by atoms with van der Waals surface area (Å²) in [7, 11) is 3.04. The van der Waals surface area contributed by atoms with Gasteiger partial charge in [0.25, 0.3) is 0 Å². The zero-order valence-electron chi connectivity index (χ0n) is 16.1. The van der Waals surface area contributed by atoms with E-state index in [1.54, 1.807) is 11.9 Å². The molecule has 1 saturated heterocycles. The van der Waals surface area contributed by atoms with Crippen LogP contribution in [0.3, 0.4) is 0 Å². The van der Waals surface area contributed by atoms with Gasteiger partial charge in [0, 0.05) is 45.3 Å². The number of anilines is 1. The Kier molecular flexibility index (Phi) is 10.0.